The maximum absolute atomic E-state index is 11.8. The Morgan fingerprint density at radius 1 is 1.12 bits per heavy atom. The van der Waals surface area contributed by atoms with Crippen molar-refractivity contribution in [2.75, 3.05) is 0 Å². The molecule has 0 radical (unpaired) electrons. The summed E-state index contributed by atoms with van der Waals surface area (Å²) < 4.78 is 35.4. The first-order chi connectivity index (χ1) is 7.99. The molecule has 1 aromatic rings. The molecule has 1 aromatic carbocycles. The summed E-state index contributed by atoms with van der Waals surface area (Å²) in [5, 5.41) is 0. The summed E-state index contributed by atoms with van der Waals surface area (Å²) in [5.74, 6) is -0.0535. The van der Waals surface area contributed by atoms with Gasteiger partial charge in [-0.05, 0) is 6.42 Å². The maximum Gasteiger partial charge on any atom is 0.392 e. The number of ketones is 1. The minimum absolute atomic E-state index is 0.0535. The highest BCUT2D eigenvalue weighted by Crippen LogP contribution is 2.19. The number of hydrogen-bond acceptors (Lipinski definition) is 1. The summed E-state index contributed by atoms with van der Waals surface area (Å²) in [6.45, 7) is 0. The lowest BCUT2D eigenvalue weighted by Crippen LogP contribution is -2.04. The van der Waals surface area contributed by atoms with Crippen LogP contribution in [0, 0.1) is 0 Å². The highest BCUT2D eigenvalue weighted by molar-refractivity contribution is 5.96. The van der Waals surface area contributed by atoms with E-state index in [1.165, 1.54) is 6.08 Å². The Bertz CT molecular complexity index is 379. The van der Waals surface area contributed by atoms with Gasteiger partial charge in [0.2, 0.25) is 0 Å². The molecule has 0 unspecified atom stereocenters. The molecule has 17 heavy (non-hydrogen) atoms. The third kappa shape index (κ3) is 5.90. The number of benzene rings is 1. The normalized spacial score (nSPS) is 11.9. The van der Waals surface area contributed by atoms with Crippen molar-refractivity contribution in [2.24, 2.45) is 0 Å². The summed E-state index contributed by atoms with van der Waals surface area (Å²) in [6, 6.07) is 8.71. The SMILES string of the molecule is O=C(CCC=CCC(F)(F)F)c1ccccc1. The third-order valence-corrected chi connectivity index (χ3v) is 2.15. The minimum atomic E-state index is -4.17. The topological polar surface area (TPSA) is 17.1 Å². The lowest BCUT2D eigenvalue weighted by atomic mass is 10.1. The Morgan fingerprint density at radius 2 is 1.76 bits per heavy atom. The molecule has 0 N–H and O–H groups in total. The van der Waals surface area contributed by atoms with E-state index in [4.69, 9.17) is 0 Å². The fourth-order valence-corrected chi connectivity index (χ4v) is 1.32. The van der Waals surface area contributed by atoms with Crippen LogP contribution in [0.5, 0.6) is 0 Å². The van der Waals surface area contributed by atoms with Crippen molar-refractivity contribution in [3.8, 4) is 0 Å². The van der Waals surface area contributed by atoms with E-state index < -0.39 is 12.6 Å². The zero-order valence-corrected chi connectivity index (χ0v) is 9.20. The average molecular weight is 242 g/mol. The number of carbonyl (C=O) groups excluding carboxylic acids is 1. The highest BCUT2D eigenvalue weighted by Gasteiger charge is 2.24. The molecule has 0 saturated carbocycles. The summed E-state index contributed by atoms with van der Waals surface area (Å²) in [7, 11) is 0. The fourth-order valence-electron chi connectivity index (χ4n) is 1.32. The highest BCUT2D eigenvalue weighted by atomic mass is 19.4. The van der Waals surface area contributed by atoms with E-state index in [1.807, 2.05) is 0 Å². The van der Waals surface area contributed by atoms with Crippen LogP contribution in [0.2, 0.25) is 0 Å². The van der Waals surface area contributed by atoms with Gasteiger partial charge in [-0.15, -0.1) is 0 Å². The van der Waals surface area contributed by atoms with Crippen LogP contribution >= 0.6 is 0 Å². The number of Topliss-reactive ketones (excluding diaryl/α,β-unsaturated/α-hetero) is 1. The van der Waals surface area contributed by atoms with Crippen molar-refractivity contribution >= 4 is 5.78 Å². The Kier molecular flexibility index (Phi) is 4.94. The summed E-state index contributed by atoms with van der Waals surface area (Å²) in [4.78, 5) is 11.5. The number of hydrogen-bond donors (Lipinski definition) is 0. The molecular weight excluding hydrogens is 229 g/mol. The Labute approximate surface area is 98.0 Å². The van der Waals surface area contributed by atoms with E-state index in [1.54, 1.807) is 30.3 Å². The number of carbonyl (C=O) groups is 1. The molecule has 0 aliphatic carbocycles. The van der Waals surface area contributed by atoms with E-state index in [2.05, 4.69) is 0 Å². The van der Waals surface area contributed by atoms with Gasteiger partial charge in [-0.3, -0.25) is 4.79 Å². The van der Waals surface area contributed by atoms with E-state index in [9.17, 15) is 18.0 Å². The standard InChI is InChI=1S/C13H13F3O/c14-13(15,16)10-6-2-5-9-12(17)11-7-3-1-4-8-11/h1-4,6-8H,5,9-10H2. The van der Waals surface area contributed by atoms with Crippen molar-refractivity contribution in [3.05, 3.63) is 48.0 Å². The summed E-state index contributed by atoms with van der Waals surface area (Å²) in [5.41, 5.74) is 0.594. The van der Waals surface area contributed by atoms with Gasteiger partial charge in [-0.1, -0.05) is 42.5 Å². The predicted molar refractivity (Wildman–Crippen MR) is 59.8 cm³/mol. The van der Waals surface area contributed by atoms with Crippen LogP contribution in [0.15, 0.2) is 42.5 Å². The van der Waals surface area contributed by atoms with Crippen LogP contribution in [0.25, 0.3) is 0 Å². The molecule has 0 fully saturated rings. The molecule has 4 heteroatoms. The minimum Gasteiger partial charge on any atom is -0.294 e. The number of halogens is 3. The van der Waals surface area contributed by atoms with Gasteiger partial charge in [-0.25, -0.2) is 0 Å². The van der Waals surface area contributed by atoms with Crippen molar-refractivity contribution in [3.63, 3.8) is 0 Å². The van der Waals surface area contributed by atoms with Crippen molar-refractivity contribution in [1.29, 1.82) is 0 Å². The van der Waals surface area contributed by atoms with Gasteiger partial charge < -0.3 is 0 Å². The zero-order valence-electron chi connectivity index (χ0n) is 9.20. The molecule has 0 aliphatic rings. The molecule has 92 valence electrons. The van der Waals surface area contributed by atoms with E-state index in [0.29, 0.717) is 12.0 Å². The third-order valence-electron chi connectivity index (χ3n) is 2.15. The number of alkyl halides is 3. The van der Waals surface area contributed by atoms with Crippen LogP contribution in [0.4, 0.5) is 13.2 Å². The van der Waals surface area contributed by atoms with Crippen molar-refractivity contribution < 1.29 is 18.0 Å². The van der Waals surface area contributed by atoms with Crippen LogP contribution in [0.1, 0.15) is 29.6 Å². The van der Waals surface area contributed by atoms with Gasteiger partial charge in [0.15, 0.2) is 5.78 Å². The molecule has 0 bridgehead atoms. The van der Waals surface area contributed by atoms with Crippen LogP contribution in [-0.4, -0.2) is 12.0 Å². The molecule has 0 spiro atoms. The van der Waals surface area contributed by atoms with Gasteiger partial charge >= 0.3 is 6.18 Å². The number of rotatable bonds is 5. The second-order valence-corrected chi connectivity index (χ2v) is 3.62. The quantitative estimate of drug-likeness (QED) is 0.559. The molecular formula is C13H13F3O. The van der Waals surface area contributed by atoms with E-state index in [0.717, 1.165) is 6.08 Å². The molecule has 0 aromatic heterocycles. The Morgan fingerprint density at radius 3 is 2.35 bits per heavy atom. The Balaban J connectivity index is 2.30. The smallest absolute Gasteiger partial charge is 0.294 e. The largest absolute Gasteiger partial charge is 0.392 e. The zero-order chi connectivity index (χ0) is 12.7. The second-order valence-electron chi connectivity index (χ2n) is 3.62. The van der Waals surface area contributed by atoms with Crippen molar-refractivity contribution in [1.82, 2.24) is 0 Å². The molecule has 1 nitrogen and oxygen atoms in total. The van der Waals surface area contributed by atoms with Gasteiger partial charge in [0.1, 0.15) is 0 Å². The van der Waals surface area contributed by atoms with Crippen LogP contribution < -0.4 is 0 Å². The first-order valence-corrected chi connectivity index (χ1v) is 5.29. The molecule has 0 amide bonds. The van der Waals surface area contributed by atoms with Gasteiger partial charge in [-0.2, -0.15) is 13.2 Å². The van der Waals surface area contributed by atoms with Gasteiger partial charge in [0.25, 0.3) is 0 Å². The van der Waals surface area contributed by atoms with Gasteiger partial charge in [0, 0.05) is 12.0 Å². The molecule has 0 atom stereocenters. The number of allylic oxidation sites excluding steroid dienone is 2. The molecule has 0 heterocycles. The van der Waals surface area contributed by atoms with Crippen LogP contribution in [0.3, 0.4) is 0 Å². The molecule has 1 rings (SSSR count). The van der Waals surface area contributed by atoms with Gasteiger partial charge in [0.05, 0.1) is 6.42 Å². The summed E-state index contributed by atoms with van der Waals surface area (Å²) in [6.07, 6.45) is -2.08. The van der Waals surface area contributed by atoms with E-state index in [-0.39, 0.29) is 12.2 Å². The average Bonchev–Trinajstić information content (AvgIpc) is 2.28. The molecule has 0 aliphatic heterocycles. The lowest BCUT2D eigenvalue weighted by molar-refractivity contribution is -0.125. The summed E-state index contributed by atoms with van der Waals surface area (Å²) >= 11 is 0. The lowest BCUT2D eigenvalue weighted by Gasteiger charge is -2.00. The molecule has 0 saturated heterocycles. The first-order valence-electron chi connectivity index (χ1n) is 5.29. The fraction of sp³-hybridized carbons (Fsp3) is 0.308. The maximum atomic E-state index is 11.8. The van der Waals surface area contributed by atoms with E-state index >= 15 is 0 Å². The Hall–Kier alpha value is -1.58. The van der Waals surface area contributed by atoms with Crippen molar-refractivity contribution in [2.45, 2.75) is 25.4 Å². The monoisotopic (exact) mass is 242 g/mol. The first kappa shape index (κ1) is 13.5. The van der Waals surface area contributed by atoms with Crippen LogP contribution in [-0.2, 0) is 0 Å². The second kappa shape index (κ2) is 6.23. The predicted octanol–water partition coefficient (Wildman–Crippen LogP) is 4.16.